The largest absolute Gasteiger partial charge is 0.359 e. The monoisotopic (exact) mass is 292 g/mol. The van der Waals surface area contributed by atoms with Gasteiger partial charge >= 0.3 is 0 Å². The lowest BCUT2D eigenvalue weighted by molar-refractivity contribution is 0.102. The van der Waals surface area contributed by atoms with E-state index in [0.29, 0.717) is 5.82 Å². The van der Waals surface area contributed by atoms with Gasteiger partial charge < -0.3 is 9.84 Å². The number of aromatic nitrogens is 1. The SMILES string of the molecule is CCc1cscc1C(=O)Nc1cc(CC(C)(C)C)on1. The molecule has 0 fully saturated rings. The Kier molecular flexibility index (Phi) is 4.28. The average molecular weight is 292 g/mol. The van der Waals surface area contributed by atoms with Crippen molar-refractivity contribution in [2.45, 2.75) is 40.5 Å². The number of carbonyl (C=O) groups is 1. The van der Waals surface area contributed by atoms with E-state index in [1.165, 1.54) is 11.3 Å². The molecule has 0 spiro atoms. The topological polar surface area (TPSA) is 55.1 Å². The molecular formula is C15H20N2O2S. The smallest absolute Gasteiger partial charge is 0.258 e. The van der Waals surface area contributed by atoms with E-state index in [-0.39, 0.29) is 11.3 Å². The third-order valence-corrected chi connectivity index (χ3v) is 3.67. The zero-order valence-corrected chi connectivity index (χ0v) is 13.1. The second-order valence-electron chi connectivity index (χ2n) is 6.03. The van der Waals surface area contributed by atoms with E-state index in [4.69, 9.17) is 4.52 Å². The van der Waals surface area contributed by atoms with Crippen LogP contribution in [-0.4, -0.2) is 11.1 Å². The number of carbonyl (C=O) groups excluding carboxylic acids is 1. The van der Waals surface area contributed by atoms with Crippen molar-refractivity contribution in [3.63, 3.8) is 0 Å². The summed E-state index contributed by atoms with van der Waals surface area (Å²) in [5, 5.41) is 10.6. The number of amides is 1. The fourth-order valence-corrected chi connectivity index (χ4v) is 2.88. The van der Waals surface area contributed by atoms with Gasteiger partial charge in [-0.1, -0.05) is 32.9 Å². The predicted molar refractivity (Wildman–Crippen MR) is 81.3 cm³/mol. The number of nitrogens with one attached hydrogen (secondary N) is 1. The third-order valence-electron chi connectivity index (χ3n) is 2.87. The molecule has 0 aromatic carbocycles. The molecule has 4 nitrogen and oxygen atoms in total. The molecule has 0 aliphatic carbocycles. The number of thiophene rings is 1. The van der Waals surface area contributed by atoms with Crippen LogP contribution in [0.3, 0.4) is 0 Å². The summed E-state index contributed by atoms with van der Waals surface area (Å²) in [6.07, 6.45) is 1.63. The molecule has 2 aromatic rings. The van der Waals surface area contributed by atoms with Gasteiger partial charge in [-0.3, -0.25) is 4.79 Å². The fraction of sp³-hybridized carbons (Fsp3) is 0.467. The van der Waals surface area contributed by atoms with Crippen LogP contribution in [0.2, 0.25) is 0 Å². The summed E-state index contributed by atoms with van der Waals surface area (Å²) < 4.78 is 5.25. The van der Waals surface area contributed by atoms with Crippen molar-refractivity contribution in [2.75, 3.05) is 5.32 Å². The van der Waals surface area contributed by atoms with E-state index in [1.807, 2.05) is 17.7 Å². The maximum absolute atomic E-state index is 12.2. The minimum absolute atomic E-state index is 0.126. The quantitative estimate of drug-likeness (QED) is 0.921. The molecular weight excluding hydrogens is 272 g/mol. The maximum Gasteiger partial charge on any atom is 0.258 e. The minimum atomic E-state index is -0.126. The lowest BCUT2D eigenvalue weighted by Crippen LogP contribution is -2.13. The van der Waals surface area contributed by atoms with Crippen LogP contribution in [0.4, 0.5) is 5.82 Å². The summed E-state index contributed by atoms with van der Waals surface area (Å²) in [6, 6.07) is 1.79. The van der Waals surface area contributed by atoms with E-state index in [1.54, 1.807) is 6.07 Å². The normalized spacial score (nSPS) is 11.6. The highest BCUT2D eigenvalue weighted by atomic mass is 32.1. The number of aryl methyl sites for hydroxylation is 1. The van der Waals surface area contributed by atoms with Gasteiger partial charge in [0.25, 0.3) is 5.91 Å². The number of nitrogens with zero attached hydrogens (tertiary/aromatic N) is 1. The van der Waals surface area contributed by atoms with Crippen LogP contribution in [0.15, 0.2) is 21.3 Å². The van der Waals surface area contributed by atoms with Crippen molar-refractivity contribution < 1.29 is 9.32 Å². The molecule has 5 heteroatoms. The highest BCUT2D eigenvalue weighted by Crippen LogP contribution is 2.23. The first kappa shape index (κ1) is 14.8. The van der Waals surface area contributed by atoms with E-state index < -0.39 is 0 Å². The van der Waals surface area contributed by atoms with Gasteiger partial charge in [-0.25, -0.2) is 0 Å². The van der Waals surface area contributed by atoms with Crippen molar-refractivity contribution in [3.8, 4) is 0 Å². The van der Waals surface area contributed by atoms with Crippen molar-refractivity contribution in [2.24, 2.45) is 5.41 Å². The van der Waals surface area contributed by atoms with E-state index in [2.05, 4.69) is 31.2 Å². The molecule has 2 rings (SSSR count). The van der Waals surface area contributed by atoms with Gasteiger partial charge in [0.05, 0.1) is 5.56 Å². The molecule has 2 aromatic heterocycles. The number of anilines is 1. The molecule has 0 aliphatic rings. The Balaban J connectivity index is 2.05. The van der Waals surface area contributed by atoms with Crippen molar-refractivity contribution >= 4 is 23.1 Å². The summed E-state index contributed by atoms with van der Waals surface area (Å²) in [7, 11) is 0. The molecule has 0 bridgehead atoms. The zero-order valence-electron chi connectivity index (χ0n) is 12.3. The van der Waals surface area contributed by atoms with Crippen molar-refractivity contribution in [1.29, 1.82) is 0 Å². The van der Waals surface area contributed by atoms with Crippen LogP contribution in [0.5, 0.6) is 0 Å². The molecule has 108 valence electrons. The second kappa shape index (κ2) is 5.79. The molecule has 1 amide bonds. The number of hydrogen-bond acceptors (Lipinski definition) is 4. The van der Waals surface area contributed by atoms with E-state index >= 15 is 0 Å². The molecule has 20 heavy (non-hydrogen) atoms. The molecule has 0 atom stereocenters. The highest BCUT2D eigenvalue weighted by Gasteiger charge is 2.17. The number of rotatable bonds is 4. The Bertz CT molecular complexity index is 593. The molecule has 1 N–H and O–H groups in total. The summed E-state index contributed by atoms with van der Waals surface area (Å²) in [5.74, 6) is 1.13. The molecule has 0 saturated heterocycles. The lowest BCUT2D eigenvalue weighted by Gasteiger charge is -2.14. The fourth-order valence-electron chi connectivity index (χ4n) is 1.96. The minimum Gasteiger partial charge on any atom is -0.359 e. The Morgan fingerprint density at radius 2 is 2.15 bits per heavy atom. The lowest BCUT2D eigenvalue weighted by atomic mass is 9.91. The summed E-state index contributed by atoms with van der Waals surface area (Å²) in [6.45, 7) is 8.43. The molecule has 0 aliphatic heterocycles. The van der Waals surface area contributed by atoms with Crippen LogP contribution in [-0.2, 0) is 12.8 Å². The highest BCUT2D eigenvalue weighted by molar-refractivity contribution is 7.08. The summed E-state index contributed by atoms with van der Waals surface area (Å²) >= 11 is 1.54. The first-order chi connectivity index (χ1) is 9.39. The predicted octanol–water partition coefficient (Wildman–Crippen LogP) is 4.14. The maximum atomic E-state index is 12.2. The molecule has 0 saturated carbocycles. The zero-order chi connectivity index (χ0) is 14.8. The van der Waals surface area contributed by atoms with E-state index in [9.17, 15) is 4.79 Å². The van der Waals surface area contributed by atoms with Gasteiger partial charge in [0.15, 0.2) is 5.82 Å². The Hall–Kier alpha value is -1.62. The Morgan fingerprint density at radius 1 is 1.40 bits per heavy atom. The van der Waals surface area contributed by atoms with Crippen LogP contribution in [0, 0.1) is 5.41 Å². The number of hydrogen-bond donors (Lipinski definition) is 1. The van der Waals surface area contributed by atoms with Crippen molar-refractivity contribution in [3.05, 3.63) is 33.7 Å². The second-order valence-corrected chi connectivity index (χ2v) is 6.78. The van der Waals surface area contributed by atoms with Crippen LogP contribution in [0.1, 0.15) is 49.4 Å². The van der Waals surface area contributed by atoms with Crippen molar-refractivity contribution in [1.82, 2.24) is 5.16 Å². The Labute approximate surface area is 123 Å². The Morgan fingerprint density at radius 3 is 2.80 bits per heavy atom. The van der Waals surface area contributed by atoms with Crippen LogP contribution < -0.4 is 5.32 Å². The van der Waals surface area contributed by atoms with Gasteiger partial charge in [0.1, 0.15) is 5.76 Å². The average Bonchev–Trinajstić information content (AvgIpc) is 2.95. The molecule has 0 unspecified atom stereocenters. The van der Waals surface area contributed by atoms with Gasteiger partial charge in [-0.05, 0) is 22.8 Å². The van der Waals surface area contributed by atoms with Crippen LogP contribution >= 0.6 is 11.3 Å². The first-order valence-electron chi connectivity index (χ1n) is 6.71. The summed E-state index contributed by atoms with van der Waals surface area (Å²) in [5.41, 5.74) is 1.91. The van der Waals surface area contributed by atoms with Gasteiger partial charge in [-0.2, -0.15) is 11.3 Å². The summed E-state index contributed by atoms with van der Waals surface area (Å²) in [4.78, 5) is 12.2. The van der Waals surface area contributed by atoms with Crippen LogP contribution in [0.25, 0.3) is 0 Å². The van der Waals surface area contributed by atoms with Gasteiger partial charge in [0.2, 0.25) is 0 Å². The van der Waals surface area contributed by atoms with E-state index in [0.717, 1.165) is 29.7 Å². The molecule has 0 radical (unpaired) electrons. The molecule has 2 heterocycles. The first-order valence-corrected chi connectivity index (χ1v) is 7.65. The third kappa shape index (κ3) is 3.70. The van der Waals surface area contributed by atoms with Gasteiger partial charge in [-0.15, -0.1) is 0 Å². The van der Waals surface area contributed by atoms with Gasteiger partial charge in [0, 0.05) is 17.9 Å². The standard InChI is InChI=1S/C15H20N2O2S/c1-5-10-8-20-9-12(10)14(18)16-13-6-11(19-17-13)7-15(2,3)4/h6,8-9H,5,7H2,1-4H3,(H,16,17,18).